The van der Waals surface area contributed by atoms with Crippen LogP contribution in [0.4, 0.5) is 13.6 Å². The molecule has 25 heavy (non-hydrogen) atoms. The van der Waals surface area contributed by atoms with E-state index in [9.17, 15) is 22.0 Å². The van der Waals surface area contributed by atoms with Gasteiger partial charge in [-0.3, -0.25) is 0 Å². The van der Waals surface area contributed by atoms with Crippen molar-refractivity contribution in [2.75, 3.05) is 18.1 Å². The molecule has 1 aromatic carbocycles. The summed E-state index contributed by atoms with van der Waals surface area (Å²) in [6, 6.07) is 2.56. The number of urea groups is 1. The molecule has 2 aliphatic rings. The van der Waals surface area contributed by atoms with Crippen LogP contribution in [-0.4, -0.2) is 38.5 Å². The number of hydrogen-bond acceptors (Lipinski definition) is 3. The number of halogens is 2. The molecule has 0 bridgehead atoms. The van der Waals surface area contributed by atoms with Crippen molar-refractivity contribution in [3.8, 4) is 0 Å². The number of rotatable bonds is 4. The van der Waals surface area contributed by atoms with E-state index in [0.29, 0.717) is 24.8 Å². The Morgan fingerprint density at radius 1 is 1.24 bits per heavy atom. The van der Waals surface area contributed by atoms with Crippen molar-refractivity contribution >= 4 is 15.9 Å². The van der Waals surface area contributed by atoms with E-state index in [1.165, 1.54) is 6.07 Å². The molecular weight excluding hydrogens is 350 g/mol. The van der Waals surface area contributed by atoms with Crippen molar-refractivity contribution < 1.29 is 22.0 Å². The molecule has 5 nitrogen and oxygen atoms in total. The molecule has 8 heteroatoms. The zero-order chi connectivity index (χ0) is 18.1. The van der Waals surface area contributed by atoms with E-state index in [1.807, 2.05) is 0 Å². The summed E-state index contributed by atoms with van der Waals surface area (Å²) in [6.07, 6.45) is 3.52. The Morgan fingerprint density at radius 2 is 1.96 bits per heavy atom. The molecule has 1 heterocycles. The monoisotopic (exact) mass is 372 g/mol. The van der Waals surface area contributed by atoms with Crippen molar-refractivity contribution in [1.82, 2.24) is 10.6 Å². The summed E-state index contributed by atoms with van der Waals surface area (Å²) in [5, 5.41) is 5.39. The van der Waals surface area contributed by atoms with Crippen LogP contribution >= 0.6 is 0 Å². The fourth-order valence-corrected chi connectivity index (χ4v) is 5.57. The first-order chi connectivity index (χ1) is 11.8. The Hall–Kier alpha value is -1.70. The van der Waals surface area contributed by atoms with Crippen LogP contribution in [-0.2, 0) is 15.3 Å². The molecule has 2 N–H and O–H groups in total. The van der Waals surface area contributed by atoms with E-state index in [4.69, 9.17) is 0 Å². The number of hydrogen-bond donors (Lipinski definition) is 2. The maximum Gasteiger partial charge on any atom is 0.315 e. The van der Waals surface area contributed by atoms with Crippen LogP contribution < -0.4 is 10.6 Å². The van der Waals surface area contributed by atoms with Crippen LogP contribution in [0.3, 0.4) is 0 Å². The Labute approximate surface area is 146 Å². The Bertz CT molecular complexity index is 761. The second kappa shape index (κ2) is 6.90. The number of amides is 2. The number of carbonyl (C=O) groups is 1. The van der Waals surface area contributed by atoms with E-state index in [-0.39, 0.29) is 18.1 Å². The molecule has 0 aromatic heterocycles. The predicted molar refractivity (Wildman–Crippen MR) is 90.1 cm³/mol. The van der Waals surface area contributed by atoms with Gasteiger partial charge in [0.25, 0.3) is 0 Å². The minimum absolute atomic E-state index is 0.0515. The number of nitrogens with one attached hydrogen (secondary N) is 2. The van der Waals surface area contributed by atoms with Crippen molar-refractivity contribution in [2.45, 2.75) is 43.6 Å². The zero-order valence-electron chi connectivity index (χ0n) is 13.9. The molecule has 2 fully saturated rings. The lowest BCUT2D eigenvalue weighted by atomic mass is 9.78. The van der Waals surface area contributed by atoms with E-state index in [2.05, 4.69) is 10.6 Å². The van der Waals surface area contributed by atoms with Crippen LogP contribution in [0.15, 0.2) is 18.2 Å². The topological polar surface area (TPSA) is 75.3 Å². The highest BCUT2D eigenvalue weighted by molar-refractivity contribution is 7.91. The van der Waals surface area contributed by atoms with Crippen LogP contribution in [0.1, 0.15) is 37.7 Å². The fourth-order valence-electron chi connectivity index (χ4n) is 3.89. The maximum atomic E-state index is 14.2. The average Bonchev–Trinajstić information content (AvgIpc) is 3.15. The smallest absolute Gasteiger partial charge is 0.315 e. The average molecular weight is 372 g/mol. The van der Waals surface area contributed by atoms with Gasteiger partial charge in [0.15, 0.2) is 9.84 Å². The standard InChI is InChI=1S/C17H22F2N2O3S/c18-12-3-4-15(19)14(9-12)17(6-1-2-7-17)11-20-16(22)21-13-5-8-25(23,24)10-13/h3-4,9,13H,1-2,5-8,10-11H2,(H2,20,21,22). The second-order valence-electron chi connectivity index (χ2n) is 7.04. The molecule has 1 saturated heterocycles. The fraction of sp³-hybridized carbons (Fsp3) is 0.588. The molecule has 1 atom stereocenters. The maximum absolute atomic E-state index is 14.2. The van der Waals surface area contributed by atoms with E-state index >= 15 is 0 Å². The highest BCUT2D eigenvalue weighted by atomic mass is 32.2. The second-order valence-corrected chi connectivity index (χ2v) is 9.27. The molecule has 138 valence electrons. The highest BCUT2D eigenvalue weighted by Gasteiger charge is 2.38. The van der Waals surface area contributed by atoms with E-state index in [1.54, 1.807) is 0 Å². The van der Waals surface area contributed by atoms with Crippen LogP contribution in [0.2, 0.25) is 0 Å². The Balaban J connectivity index is 1.66. The first-order valence-corrected chi connectivity index (χ1v) is 10.3. The molecule has 1 aromatic rings. The summed E-state index contributed by atoms with van der Waals surface area (Å²) in [6.45, 7) is 0.193. The van der Waals surface area contributed by atoms with Crippen LogP contribution in [0.5, 0.6) is 0 Å². The SMILES string of the molecule is O=C(NCC1(c2cc(F)ccc2F)CCCC1)NC1CCS(=O)(=O)C1. The molecule has 0 radical (unpaired) electrons. The lowest BCUT2D eigenvalue weighted by Crippen LogP contribution is -2.47. The lowest BCUT2D eigenvalue weighted by molar-refractivity contribution is 0.234. The Morgan fingerprint density at radius 3 is 2.60 bits per heavy atom. The minimum atomic E-state index is -3.07. The molecule has 2 amide bonds. The van der Waals surface area contributed by atoms with Crippen molar-refractivity contribution in [3.05, 3.63) is 35.4 Å². The summed E-state index contributed by atoms with van der Waals surface area (Å²) in [5.74, 6) is -0.934. The number of carbonyl (C=O) groups excluding carboxylic acids is 1. The van der Waals surface area contributed by atoms with E-state index < -0.39 is 39.0 Å². The third-order valence-corrected chi connectivity index (χ3v) is 6.98. The van der Waals surface area contributed by atoms with Gasteiger partial charge < -0.3 is 10.6 Å². The summed E-state index contributed by atoms with van der Waals surface area (Å²) >= 11 is 0. The lowest BCUT2D eigenvalue weighted by Gasteiger charge is -2.30. The van der Waals surface area contributed by atoms with Crippen molar-refractivity contribution in [1.29, 1.82) is 0 Å². The van der Waals surface area contributed by atoms with Gasteiger partial charge in [-0.15, -0.1) is 0 Å². The largest absolute Gasteiger partial charge is 0.337 e. The number of sulfone groups is 1. The van der Waals surface area contributed by atoms with Gasteiger partial charge >= 0.3 is 6.03 Å². The summed E-state index contributed by atoms with van der Waals surface area (Å²) < 4.78 is 50.7. The minimum Gasteiger partial charge on any atom is -0.337 e. The van der Waals surface area contributed by atoms with Gasteiger partial charge in [-0.25, -0.2) is 22.0 Å². The van der Waals surface area contributed by atoms with E-state index in [0.717, 1.165) is 25.0 Å². The first kappa shape index (κ1) is 18.1. The third-order valence-electron chi connectivity index (χ3n) is 5.22. The van der Waals surface area contributed by atoms with Gasteiger partial charge in [0.05, 0.1) is 11.5 Å². The molecule has 1 saturated carbocycles. The number of benzene rings is 1. The molecule has 1 aliphatic heterocycles. The van der Waals surface area contributed by atoms with Crippen molar-refractivity contribution in [3.63, 3.8) is 0 Å². The van der Waals surface area contributed by atoms with Gasteiger partial charge in [-0.2, -0.15) is 0 Å². The van der Waals surface area contributed by atoms with Gasteiger partial charge in [-0.05, 0) is 43.0 Å². The first-order valence-electron chi connectivity index (χ1n) is 8.50. The zero-order valence-corrected chi connectivity index (χ0v) is 14.7. The molecule has 1 unspecified atom stereocenters. The molecule has 3 rings (SSSR count). The highest BCUT2D eigenvalue weighted by Crippen LogP contribution is 2.41. The Kier molecular flexibility index (Phi) is 4.99. The van der Waals surface area contributed by atoms with Gasteiger partial charge in [0, 0.05) is 18.0 Å². The molecular formula is C17H22F2N2O3S. The molecule has 0 spiro atoms. The predicted octanol–water partition coefficient (Wildman–Crippen LogP) is 2.26. The summed E-state index contributed by atoms with van der Waals surface area (Å²) in [7, 11) is -3.07. The summed E-state index contributed by atoms with van der Waals surface area (Å²) in [5.41, 5.74) is -0.320. The van der Waals surface area contributed by atoms with Crippen molar-refractivity contribution in [2.24, 2.45) is 0 Å². The van der Waals surface area contributed by atoms with Crippen LogP contribution in [0, 0.1) is 11.6 Å². The summed E-state index contributed by atoms with van der Waals surface area (Å²) in [4.78, 5) is 12.1. The molecule has 1 aliphatic carbocycles. The van der Waals surface area contributed by atoms with Gasteiger partial charge in [0.2, 0.25) is 0 Å². The third kappa shape index (κ3) is 4.11. The quantitative estimate of drug-likeness (QED) is 0.851. The van der Waals surface area contributed by atoms with Crippen LogP contribution in [0.25, 0.3) is 0 Å². The van der Waals surface area contributed by atoms with Gasteiger partial charge in [0.1, 0.15) is 11.6 Å². The normalized spacial score (nSPS) is 24.2. The van der Waals surface area contributed by atoms with Gasteiger partial charge in [-0.1, -0.05) is 12.8 Å².